The second-order valence-electron chi connectivity index (χ2n) is 3.60. The van der Waals surface area contributed by atoms with Crippen molar-refractivity contribution in [3.63, 3.8) is 0 Å². The number of aliphatic hydroxyl groups excluding tert-OH is 1. The molecule has 80 valence electrons. The Morgan fingerprint density at radius 2 is 2.29 bits per heavy atom. The standard InChI is InChI=1S/C10H16O4/c1-14-9(12)10(13)6-3-2-4-8(11)5-7-10/h2,4,8,11,13H,3,5-7H2,1H3/b4-2-/t8-,10-/m1/s1. The highest BCUT2D eigenvalue weighted by Gasteiger charge is 2.36. The van der Waals surface area contributed by atoms with Crippen LogP contribution in [0.1, 0.15) is 25.7 Å². The van der Waals surface area contributed by atoms with Gasteiger partial charge < -0.3 is 14.9 Å². The number of carbonyl (C=O) groups excluding carboxylic acids is 1. The molecule has 1 aliphatic rings. The SMILES string of the molecule is COC(=O)[C@@]1(O)CC/C=C\[C@@H](O)CC1. The van der Waals surface area contributed by atoms with Crippen LogP contribution in [-0.2, 0) is 9.53 Å². The number of ether oxygens (including phenoxy) is 1. The van der Waals surface area contributed by atoms with Crippen molar-refractivity contribution in [2.45, 2.75) is 37.4 Å². The maximum atomic E-state index is 11.3. The van der Waals surface area contributed by atoms with Crippen molar-refractivity contribution in [1.29, 1.82) is 0 Å². The van der Waals surface area contributed by atoms with Crippen molar-refractivity contribution in [3.8, 4) is 0 Å². The first-order valence-electron chi connectivity index (χ1n) is 4.74. The van der Waals surface area contributed by atoms with Crippen LogP contribution in [0.25, 0.3) is 0 Å². The molecule has 0 amide bonds. The number of hydrogen-bond donors (Lipinski definition) is 2. The Kier molecular flexibility index (Phi) is 3.66. The Morgan fingerprint density at radius 3 is 2.93 bits per heavy atom. The van der Waals surface area contributed by atoms with Gasteiger partial charge in [0, 0.05) is 0 Å². The number of hydrogen-bond acceptors (Lipinski definition) is 4. The predicted octanol–water partition coefficient (Wildman–Crippen LogP) is 0.382. The fraction of sp³-hybridized carbons (Fsp3) is 0.700. The van der Waals surface area contributed by atoms with E-state index in [2.05, 4.69) is 4.74 Å². The summed E-state index contributed by atoms with van der Waals surface area (Å²) in [5.74, 6) is -0.611. The van der Waals surface area contributed by atoms with Crippen LogP contribution in [0.3, 0.4) is 0 Å². The van der Waals surface area contributed by atoms with Gasteiger partial charge in [-0.15, -0.1) is 0 Å². The zero-order chi connectivity index (χ0) is 10.6. The third kappa shape index (κ3) is 2.56. The zero-order valence-corrected chi connectivity index (χ0v) is 8.27. The molecule has 2 atom stereocenters. The summed E-state index contributed by atoms with van der Waals surface area (Å²) >= 11 is 0. The van der Waals surface area contributed by atoms with E-state index in [1.54, 1.807) is 12.2 Å². The highest BCUT2D eigenvalue weighted by Crippen LogP contribution is 2.24. The molecule has 1 aliphatic carbocycles. The molecule has 0 radical (unpaired) electrons. The maximum Gasteiger partial charge on any atom is 0.337 e. The predicted molar refractivity (Wildman–Crippen MR) is 50.6 cm³/mol. The molecule has 4 heteroatoms. The maximum absolute atomic E-state index is 11.3. The van der Waals surface area contributed by atoms with E-state index in [-0.39, 0.29) is 6.42 Å². The van der Waals surface area contributed by atoms with Gasteiger partial charge in [0.15, 0.2) is 5.60 Å². The molecule has 0 aliphatic heterocycles. The van der Waals surface area contributed by atoms with Crippen molar-refractivity contribution in [3.05, 3.63) is 12.2 Å². The number of methoxy groups -OCH3 is 1. The van der Waals surface area contributed by atoms with Gasteiger partial charge in [-0.2, -0.15) is 0 Å². The minimum absolute atomic E-state index is 0.241. The molecular formula is C10H16O4. The summed E-state index contributed by atoms with van der Waals surface area (Å²) in [5, 5.41) is 19.3. The normalized spacial score (nSPS) is 35.5. The van der Waals surface area contributed by atoms with E-state index in [1.807, 2.05) is 0 Å². The molecule has 0 fully saturated rings. The van der Waals surface area contributed by atoms with Gasteiger partial charge in [0.2, 0.25) is 0 Å². The zero-order valence-electron chi connectivity index (χ0n) is 8.27. The van der Waals surface area contributed by atoms with Gasteiger partial charge in [0.05, 0.1) is 13.2 Å². The second-order valence-corrected chi connectivity index (χ2v) is 3.60. The number of rotatable bonds is 1. The lowest BCUT2D eigenvalue weighted by molar-refractivity contribution is -0.164. The van der Waals surface area contributed by atoms with Crippen molar-refractivity contribution in [1.82, 2.24) is 0 Å². The highest BCUT2D eigenvalue weighted by molar-refractivity contribution is 5.79. The van der Waals surface area contributed by atoms with Crippen LogP contribution >= 0.6 is 0 Å². The minimum atomic E-state index is -1.43. The molecule has 0 heterocycles. The van der Waals surface area contributed by atoms with Gasteiger partial charge in [-0.3, -0.25) is 0 Å². The number of carbonyl (C=O) groups is 1. The van der Waals surface area contributed by atoms with Crippen molar-refractivity contribution >= 4 is 5.97 Å². The molecule has 0 saturated carbocycles. The Morgan fingerprint density at radius 1 is 1.57 bits per heavy atom. The fourth-order valence-electron chi connectivity index (χ4n) is 1.58. The van der Waals surface area contributed by atoms with Gasteiger partial charge in [0.25, 0.3) is 0 Å². The summed E-state index contributed by atoms with van der Waals surface area (Å²) in [6.07, 6.45) is 4.43. The summed E-state index contributed by atoms with van der Waals surface area (Å²) < 4.78 is 4.53. The van der Waals surface area contributed by atoms with E-state index in [0.717, 1.165) is 0 Å². The monoisotopic (exact) mass is 200 g/mol. The molecule has 0 unspecified atom stereocenters. The minimum Gasteiger partial charge on any atom is -0.467 e. The highest BCUT2D eigenvalue weighted by atomic mass is 16.5. The molecule has 0 aromatic rings. The molecule has 0 saturated heterocycles. The molecular weight excluding hydrogens is 184 g/mol. The first-order chi connectivity index (χ1) is 6.58. The van der Waals surface area contributed by atoms with Crippen LogP contribution in [0, 0.1) is 0 Å². The van der Waals surface area contributed by atoms with Gasteiger partial charge in [0.1, 0.15) is 0 Å². The Hall–Kier alpha value is -0.870. The van der Waals surface area contributed by atoms with Gasteiger partial charge >= 0.3 is 5.97 Å². The van der Waals surface area contributed by atoms with Gasteiger partial charge in [-0.1, -0.05) is 12.2 Å². The average Bonchev–Trinajstić information content (AvgIpc) is 2.18. The first-order valence-corrected chi connectivity index (χ1v) is 4.74. The summed E-state index contributed by atoms with van der Waals surface area (Å²) in [7, 11) is 1.26. The lowest BCUT2D eigenvalue weighted by Gasteiger charge is -2.26. The molecule has 14 heavy (non-hydrogen) atoms. The Balaban J connectivity index is 2.69. The van der Waals surface area contributed by atoms with Crippen molar-refractivity contribution in [2.24, 2.45) is 0 Å². The van der Waals surface area contributed by atoms with Crippen LogP contribution < -0.4 is 0 Å². The number of aliphatic hydroxyl groups is 2. The Bertz CT molecular complexity index is 236. The van der Waals surface area contributed by atoms with Gasteiger partial charge in [-0.25, -0.2) is 4.79 Å². The summed E-state index contributed by atoms with van der Waals surface area (Å²) in [6.45, 7) is 0. The van der Waals surface area contributed by atoms with Crippen molar-refractivity contribution in [2.75, 3.05) is 7.11 Å². The van der Waals surface area contributed by atoms with E-state index in [4.69, 9.17) is 0 Å². The molecule has 2 N–H and O–H groups in total. The second kappa shape index (κ2) is 4.57. The van der Waals surface area contributed by atoms with E-state index in [0.29, 0.717) is 19.3 Å². The number of allylic oxidation sites excluding steroid dienone is 1. The van der Waals surface area contributed by atoms with E-state index in [9.17, 15) is 15.0 Å². The van der Waals surface area contributed by atoms with E-state index >= 15 is 0 Å². The molecule has 0 aromatic heterocycles. The van der Waals surface area contributed by atoms with Crippen molar-refractivity contribution < 1.29 is 19.7 Å². The van der Waals surface area contributed by atoms with Gasteiger partial charge in [-0.05, 0) is 25.7 Å². The summed E-state index contributed by atoms with van der Waals surface area (Å²) in [6, 6.07) is 0. The lowest BCUT2D eigenvalue weighted by atomic mass is 9.89. The third-order valence-corrected chi connectivity index (χ3v) is 2.50. The van der Waals surface area contributed by atoms with E-state index in [1.165, 1.54) is 7.11 Å². The van der Waals surface area contributed by atoms with E-state index < -0.39 is 17.7 Å². The molecule has 0 aromatic carbocycles. The smallest absolute Gasteiger partial charge is 0.337 e. The van der Waals surface area contributed by atoms with Crippen LogP contribution in [0.4, 0.5) is 0 Å². The van der Waals surface area contributed by atoms with Crippen LogP contribution in [-0.4, -0.2) is 35.0 Å². The summed E-state index contributed by atoms with van der Waals surface area (Å²) in [5.41, 5.74) is -1.43. The average molecular weight is 200 g/mol. The molecule has 0 bridgehead atoms. The van der Waals surface area contributed by atoms with Crippen LogP contribution in [0.5, 0.6) is 0 Å². The third-order valence-electron chi connectivity index (χ3n) is 2.50. The fourth-order valence-corrected chi connectivity index (χ4v) is 1.58. The van der Waals surface area contributed by atoms with Crippen LogP contribution in [0.2, 0.25) is 0 Å². The first kappa shape index (κ1) is 11.2. The topological polar surface area (TPSA) is 66.8 Å². The lowest BCUT2D eigenvalue weighted by Crippen LogP contribution is -2.40. The molecule has 1 rings (SSSR count). The number of esters is 1. The molecule has 4 nitrogen and oxygen atoms in total. The summed E-state index contributed by atoms with van der Waals surface area (Å²) in [4.78, 5) is 11.3. The molecule has 0 spiro atoms. The largest absolute Gasteiger partial charge is 0.467 e. The Labute approximate surface area is 83.2 Å². The van der Waals surface area contributed by atoms with Crippen LogP contribution in [0.15, 0.2) is 12.2 Å². The quantitative estimate of drug-likeness (QED) is 0.474.